The first kappa shape index (κ1) is 26.7. The van der Waals surface area contributed by atoms with Crippen molar-refractivity contribution < 1.29 is 19.1 Å². The van der Waals surface area contributed by atoms with Crippen LogP contribution in [0, 0.1) is 5.92 Å². The molecule has 0 aliphatic heterocycles. The van der Waals surface area contributed by atoms with Crippen LogP contribution in [0.1, 0.15) is 95.8 Å². The molecule has 0 aliphatic rings. The van der Waals surface area contributed by atoms with Gasteiger partial charge in [-0.15, -0.1) is 0 Å². The van der Waals surface area contributed by atoms with E-state index in [4.69, 9.17) is 9.47 Å². The number of unbranched alkanes of at least 4 members (excludes halogenated alkanes) is 3. The van der Waals surface area contributed by atoms with E-state index in [-0.39, 0.29) is 18.6 Å². The largest absolute Gasteiger partial charge is 0.483 e. The van der Waals surface area contributed by atoms with Crippen LogP contribution in [0.3, 0.4) is 0 Å². The Morgan fingerprint density at radius 1 is 1.00 bits per heavy atom. The minimum Gasteiger partial charge on any atom is -0.483 e. The molecule has 0 aliphatic carbocycles. The highest BCUT2D eigenvalue weighted by atomic mass is 16.5. The minimum absolute atomic E-state index is 0.107. The van der Waals surface area contributed by atoms with Gasteiger partial charge in [-0.3, -0.25) is 4.79 Å². The standard InChI is InChI=1S/C25H40N2O4/c1-5-9-11-15-21(8-4)31-25(29)22-16-12-13-17-23(22)30-19-24(28)27-26-18-20(7-3)14-10-6-2/h12-13,16-18,20-21H,5-11,14-15,19H2,1-4H3,(H,27,28). The van der Waals surface area contributed by atoms with E-state index in [9.17, 15) is 9.59 Å². The van der Waals surface area contributed by atoms with Gasteiger partial charge in [-0.1, -0.05) is 65.5 Å². The average Bonchev–Trinajstić information content (AvgIpc) is 2.79. The minimum atomic E-state index is -0.418. The maximum Gasteiger partial charge on any atom is 0.342 e. The molecule has 0 saturated carbocycles. The second-order valence-electron chi connectivity index (χ2n) is 7.84. The summed E-state index contributed by atoms with van der Waals surface area (Å²) in [5.41, 5.74) is 2.83. The van der Waals surface area contributed by atoms with Crippen molar-refractivity contribution in [2.45, 2.75) is 91.6 Å². The van der Waals surface area contributed by atoms with Gasteiger partial charge >= 0.3 is 5.97 Å². The Balaban J connectivity index is 2.59. The Morgan fingerprint density at radius 3 is 2.42 bits per heavy atom. The molecule has 1 aromatic carbocycles. The molecule has 31 heavy (non-hydrogen) atoms. The number of rotatable bonds is 16. The van der Waals surface area contributed by atoms with Crippen molar-refractivity contribution in [2.24, 2.45) is 11.0 Å². The number of para-hydroxylation sites is 1. The lowest BCUT2D eigenvalue weighted by Crippen LogP contribution is -2.26. The van der Waals surface area contributed by atoms with Gasteiger partial charge < -0.3 is 9.47 Å². The zero-order valence-electron chi connectivity index (χ0n) is 19.7. The summed E-state index contributed by atoms with van der Waals surface area (Å²) in [6.45, 7) is 8.21. The van der Waals surface area contributed by atoms with Gasteiger partial charge in [0.15, 0.2) is 6.61 Å². The van der Waals surface area contributed by atoms with E-state index in [1.54, 1.807) is 30.5 Å². The molecule has 0 spiro atoms. The second-order valence-corrected chi connectivity index (χ2v) is 7.84. The quantitative estimate of drug-likeness (QED) is 0.153. The van der Waals surface area contributed by atoms with Crippen LogP contribution in [-0.2, 0) is 9.53 Å². The Morgan fingerprint density at radius 2 is 1.74 bits per heavy atom. The number of carbonyl (C=O) groups is 2. The lowest BCUT2D eigenvalue weighted by Gasteiger charge is -2.17. The van der Waals surface area contributed by atoms with Crippen molar-refractivity contribution in [2.75, 3.05) is 6.61 Å². The van der Waals surface area contributed by atoms with Crippen molar-refractivity contribution in [3.63, 3.8) is 0 Å². The van der Waals surface area contributed by atoms with E-state index in [2.05, 4.69) is 31.3 Å². The number of hydrazone groups is 1. The van der Waals surface area contributed by atoms with Gasteiger partial charge in [-0.25, -0.2) is 10.2 Å². The molecular weight excluding hydrogens is 392 g/mol. The van der Waals surface area contributed by atoms with Crippen molar-refractivity contribution in [3.8, 4) is 5.75 Å². The lowest BCUT2D eigenvalue weighted by atomic mass is 10.0. The van der Waals surface area contributed by atoms with Crippen molar-refractivity contribution in [1.29, 1.82) is 0 Å². The summed E-state index contributed by atoms with van der Waals surface area (Å²) in [6, 6.07) is 6.85. The SMILES string of the molecule is CCCCCC(CC)OC(=O)c1ccccc1OCC(=O)NN=CC(CC)CCCC. The fourth-order valence-electron chi connectivity index (χ4n) is 3.19. The first-order valence-electron chi connectivity index (χ1n) is 11.8. The van der Waals surface area contributed by atoms with E-state index in [1.807, 2.05) is 6.92 Å². The molecule has 6 heteroatoms. The monoisotopic (exact) mass is 432 g/mol. The van der Waals surface area contributed by atoms with Crippen LogP contribution >= 0.6 is 0 Å². The Bertz CT molecular complexity index is 675. The fourth-order valence-corrected chi connectivity index (χ4v) is 3.19. The number of ether oxygens (including phenoxy) is 2. The number of hydrogen-bond donors (Lipinski definition) is 1. The van der Waals surface area contributed by atoms with Gasteiger partial charge in [0.2, 0.25) is 0 Å². The zero-order valence-corrected chi connectivity index (χ0v) is 19.7. The third-order valence-electron chi connectivity index (χ3n) is 5.25. The van der Waals surface area contributed by atoms with Crippen LogP contribution in [0.25, 0.3) is 0 Å². The molecule has 0 heterocycles. The number of carbonyl (C=O) groups excluding carboxylic acids is 2. The van der Waals surface area contributed by atoms with Gasteiger partial charge in [0.05, 0.1) is 0 Å². The number of benzene rings is 1. The summed E-state index contributed by atoms with van der Waals surface area (Å²) in [5, 5.41) is 4.05. The topological polar surface area (TPSA) is 77.0 Å². The molecule has 0 fully saturated rings. The lowest BCUT2D eigenvalue weighted by molar-refractivity contribution is -0.123. The highest BCUT2D eigenvalue weighted by Crippen LogP contribution is 2.21. The first-order valence-corrected chi connectivity index (χ1v) is 11.8. The van der Waals surface area contributed by atoms with E-state index < -0.39 is 5.97 Å². The Labute approximate surface area is 187 Å². The molecule has 0 saturated heterocycles. The zero-order chi connectivity index (χ0) is 22.9. The van der Waals surface area contributed by atoms with Crippen LogP contribution in [0.5, 0.6) is 5.75 Å². The smallest absolute Gasteiger partial charge is 0.342 e. The highest BCUT2D eigenvalue weighted by Gasteiger charge is 2.18. The molecule has 2 unspecified atom stereocenters. The summed E-state index contributed by atoms with van der Waals surface area (Å²) in [5.74, 6) is -0.0835. The molecule has 2 atom stereocenters. The molecule has 1 N–H and O–H groups in total. The molecule has 0 bridgehead atoms. The summed E-state index contributed by atoms with van der Waals surface area (Å²) < 4.78 is 11.3. The van der Waals surface area contributed by atoms with E-state index >= 15 is 0 Å². The summed E-state index contributed by atoms with van der Waals surface area (Å²) >= 11 is 0. The van der Waals surface area contributed by atoms with Gasteiger partial charge in [-0.05, 0) is 50.2 Å². The van der Waals surface area contributed by atoms with Crippen molar-refractivity contribution in [1.82, 2.24) is 5.43 Å². The molecule has 6 nitrogen and oxygen atoms in total. The predicted molar refractivity (Wildman–Crippen MR) is 126 cm³/mol. The Kier molecular flexibility index (Phi) is 14.1. The van der Waals surface area contributed by atoms with E-state index in [0.29, 0.717) is 17.2 Å². The summed E-state index contributed by atoms with van der Waals surface area (Å²) in [4.78, 5) is 24.7. The summed E-state index contributed by atoms with van der Waals surface area (Å²) in [7, 11) is 0. The van der Waals surface area contributed by atoms with Gasteiger partial charge in [-0.2, -0.15) is 5.10 Å². The molecule has 0 aromatic heterocycles. The van der Waals surface area contributed by atoms with Crippen LogP contribution in [0.4, 0.5) is 0 Å². The van der Waals surface area contributed by atoms with E-state index in [0.717, 1.165) is 57.8 Å². The summed E-state index contributed by atoms with van der Waals surface area (Å²) in [6.07, 6.45) is 11.0. The molecule has 1 rings (SSSR count). The van der Waals surface area contributed by atoms with Crippen molar-refractivity contribution in [3.05, 3.63) is 29.8 Å². The molecule has 1 amide bonds. The van der Waals surface area contributed by atoms with Gasteiger partial charge in [0.25, 0.3) is 5.91 Å². The third-order valence-corrected chi connectivity index (χ3v) is 5.25. The van der Waals surface area contributed by atoms with Crippen LogP contribution in [0.15, 0.2) is 29.4 Å². The van der Waals surface area contributed by atoms with Crippen LogP contribution < -0.4 is 10.2 Å². The molecular formula is C25H40N2O4. The predicted octanol–water partition coefficient (Wildman–Crippen LogP) is 5.90. The van der Waals surface area contributed by atoms with Crippen molar-refractivity contribution >= 4 is 18.1 Å². The van der Waals surface area contributed by atoms with Crippen LogP contribution in [0.2, 0.25) is 0 Å². The number of hydrogen-bond acceptors (Lipinski definition) is 5. The number of esters is 1. The molecule has 0 radical (unpaired) electrons. The normalized spacial score (nSPS) is 13.0. The first-order chi connectivity index (χ1) is 15.0. The van der Waals surface area contributed by atoms with Crippen LogP contribution in [-0.4, -0.2) is 30.8 Å². The maximum atomic E-state index is 12.7. The van der Waals surface area contributed by atoms with E-state index in [1.165, 1.54) is 0 Å². The molecule has 1 aromatic rings. The second kappa shape index (κ2) is 16.3. The number of nitrogens with zero attached hydrogens (tertiary/aromatic N) is 1. The Hall–Kier alpha value is -2.37. The fraction of sp³-hybridized carbons (Fsp3) is 0.640. The maximum absolute atomic E-state index is 12.7. The van der Waals surface area contributed by atoms with Gasteiger partial charge in [0, 0.05) is 6.21 Å². The van der Waals surface area contributed by atoms with Gasteiger partial charge in [0.1, 0.15) is 17.4 Å². The number of amides is 1. The third kappa shape index (κ3) is 11.0. The number of nitrogens with one attached hydrogen (secondary N) is 1. The average molecular weight is 433 g/mol. The highest BCUT2D eigenvalue weighted by molar-refractivity contribution is 5.92. The molecule has 174 valence electrons.